The molecule has 1 saturated carbocycles. The second-order valence-electron chi connectivity index (χ2n) is 6.29. The Labute approximate surface area is 143 Å². The maximum Gasteiger partial charge on any atom is 0.262 e. The summed E-state index contributed by atoms with van der Waals surface area (Å²) < 4.78 is 0. The molecule has 0 aromatic heterocycles. The van der Waals surface area contributed by atoms with E-state index in [0.717, 1.165) is 29.8 Å². The third-order valence-corrected chi connectivity index (χ3v) is 4.68. The summed E-state index contributed by atoms with van der Waals surface area (Å²) in [4.78, 5) is 12.4. The smallest absolute Gasteiger partial charge is 0.262 e. The molecular formula is C18H26ClN3O. The van der Waals surface area contributed by atoms with E-state index in [9.17, 15) is 4.79 Å². The number of nitrogens with zero attached hydrogens (tertiary/aromatic N) is 1. The maximum atomic E-state index is 12.4. The van der Waals surface area contributed by atoms with Crippen LogP contribution in [0.1, 0.15) is 51.5 Å². The lowest BCUT2D eigenvalue weighted by atomic mass is 9.89. The quantitative estimate of drug-likeness (QED) is 0.777. The number of rotatable bonds is 5. The van der Waals surface area contributed by atoms with Crippen LogP contribution in [0.25, 0.3) is 0 Å². The van der Waals surface area contributed by atoms with Crippen molar-refractivity contribution < 1.29 is 4.79 Å². The van der Waals surface area contributed by atoms with Crippen LogP contribution in [0.4, 0.5) is 5.69 Å². The molecule has 2 N–H and O–H groups in total. The summed E-state index contributed by atoms with van der Waals surface area (Å²) in [6, 6.07) is 5.31. The van der Waals surface area contributed by atoms with E-state index in [-0.39, 0.29) is 11.9 Å². The van der Waals surface area contributed by atoms with Crippen LogP contribution in [-0.4, -0.2) is 17.7 Å². The minimum atomic E-state index is -0.307. The van der Waals surface area contributed by atoms with Crippen LogP contribution in [0.5, 0.6) is 0 Å². The highest BCUT2D eigenvalue weighted by atomic mass is 35.5. The lowest BCUT2D eigenvalue weighted by Gasteiger charge is -2.21. The average molecular weight is 336 g/mol. The fourth-order valence-electron chi connectivity index (χ4n) is 2.87. The molecule has 0 unspecified atom stereocenters. The first-order chi connectivity index (χ1) is 11.0. The molecule has 1 aliphatic carbocycles. The molecule has 23 heavy (non-hydrogen) atoms. The van der Waals surface area contributed by atoms with Gasteiger partial charge in [0, 0.05) is 16.4 Å². The van der Waals surface area contributed by atoms with Crippen molar-refractivity contribution in [2.45, 2.75) is 58.9 Å². The molecule has 0 heterocycles. The van der Waals surface area contributed by atoms with Gasteiger partial charge in [-0.15, -0.1) is 0 Å². The molecular weight excluding hydrogens is 310 g/mol. The van der Waals surface area contributed by atoms with E-state index in [0.29, 0.717) is 17.4 Å². The summed E-state index contributed by atoms with van der Waals surface area (Å²) in [5, 5.41) is 8.35. The molecule has 2 rings (SSSR count). The Bertz CT molecular complexity index is 586. The molecule has 0 radical (unpaired) electrons. The molecule has 1 aromatic rings. The minimum Gasteiger partial charge on any atom is -0.373 e. The van der Waals surface area contributed by atoms with Crippen LogP contribution in [0.2, 0.25) is 5.02 Å². The third kappa shape index (κ3) is 4.96. The topological polar surface area (TPSA) is 53.5 Å². The number of halogens is 1. The Balaban J connectivity index is 1.99. The Morgan fingerprint density at radius 3 is 2.87 bits per heavy atom. The van der Waals surface area contributed by atoms with Crippen LogP contribution < -0.4 is 10.7 Å². The minimum absolute atomic E-state index is 0.0906. The van der Waals surface area contributed by atoms with Crippen LogP contribution >= 0.6 is 11.6 Å². The van der Waals surface area contributed by atoms with Crippen molar-refractivity contribution in [3.63, 3.8) is 0 Å². The molecule has 4 nitrogen and oxygen atoms in total. The van der Waals surface area contributed by atoms with Crippen molar-refractivity contribution in [3.05, 3.63) is 28.8 Å². The molecule has 1 fully saturated rings. The van der Waals surface area contributed by atoms with Gasteiger partial charge < -0.3 is 5.32 Å². The van der Waals surface area contributed by atoms with E-state index in [2.05, 4.69) is 22.8 Å². The number of benzene rings is 1. The molecule has 0 saturated heterocycles. The molecule has 0 aliphatic heterocycles. The van der Waals surface area contributed by atoms with E-state index in [1.54, 1.807) is 0 Å². The van der Waals surface area contributed by atoms with Gasteiger partial charge in [-0.2, -0.15) is 5.10 Å². The fourth-order valence-corrected chi connectivity index (χ4v) is 3.10. The van der Waals surface area contributed by atoms with Crippen molar-refractivity contribution in [2.75, 3.05) is 5.32 Å². The predicted octanol–water partition coefficient (Wildman–Crippen LogP) is 4.52. The molecule has 1 aliphatic rings. The van der Waals surface area contributed by atoms with Gasteiger partial charge in [-0.05, 0) is 62.3 Å². The van der Waals surface area contributed by atoms with Crippen molar-refractivity contribution >= 4 is 28.9 Å². The van der Waals surface area contributed by atoms with Gasteiger partial charge in [-0.25, -0.2) is 5.43 Å². The van der Waals surface area contributed by atoms with Crippen LogP contribution in [0.3, 0.4) is 0 Å². The first-order valence-electron chi connectivity index (χ1n) is 8.40. The van der Waals surface area contributed by atoms with Crippen LogP contribution in [0.15, 0.2) is 23.3 Å². The van der Waals surface area contributed by atoms with Gasteiger partial charge >= 0.3 is 0 Å². The monoisotopic (exact) mass is 335 g/mol. The number of anilines is 1. The van der Waals surface area contributed by atoms with Gasteiger partial charge in [0.25, 0.3) is 5.91 Å². The molecule has 126 valence electrons. The van der Waals surface area contributed by atoms with Gasteiger partial charge in [0.1, 0.15) is 6.04 Å². The number of nitrogens with one attached hydrogen (secondary N) is 2. The Morgan fingerprint density at radius 1 is 1.43 bits per heavy atom. The normalized spacial score (nSPS) is 21.0. The zero-order valence-corrected chi connectivity index (χ0v) is 14.9. The summed E-state index contributed by atoms with van der Waals surface area (Å²) in [6.07, 6.45) is 5.26. The summed E-state index contributed by atoms with van der Waals surface area (Å²) in [5.41, 5.74) is 5.81. The largest absolute Gasteiger partial charge is 0.373 e. The van der Waals surface area contributed by atoms with E-state index in [1.807, 2.05) is 32.0 Å². The number of hydrogen-bond donors (Lipinski definition) is 2. The van der Waals surface area contributed by atoms with Gasteiger partial charge in [0.2, 0.25) is 0 Å². The summed E-state index contributed by atoms with van der Waals surface area (Å²) in [6.45, 7) is 6.14. The molecule has 1 amide bonds. The van der Waals surface area contributed by atoms with Crippen molar-refractivity contribution in [1.29, 1.82) is 0 Å². The zero-order chi connectivity index (χ0) is 16.8. The second kappa shape index (κ2) is 8.34. The van der Waals surface area contributed by atoms with Gasteiger partial charge in [-0.1, -0.05) is 31.9 Å². The lowest BCUT2D eigenvalue weighted by Crippen LogP contribution is -2.38. The number of hydrazone groups is 1. The molecule has 0 spiro atoms. The highest BCUT2D eigenvalue weighted by molar-refractivity contribution is 6.30. The second-order valence-corrected chi connectivity index (χ2v) is 6.73. The number of carbonyl (C=O) groups excluding carboxylic acids is 1. The predicted molar refractivity (Wildman–Crippen MR) is 97.1 cm³/mol. The number of aryl methyl sites for hydroxylation is 1. The number of carbonyl (C=O) groups is 1. The number of hydrogen-bond acceptors (Lipinski definition) is 3. The summed E-state index contributed by atoms with van der Waals surface area (Å²) >= 11 is 5.97. The Hall–Kier alpha value is -1.55. The van der Waals surface area contributed by atoms with Crippen LogP contribution in [0, 0.1) is 12.8 Å². The molecule has 1 aromatic carbocycles. The zero-order valence-electron chi connectivity index (χ0n) is 14.2. The number of amides is 1. The van der Waals surface area contributed by atoms with E-state index in [4.69, 9.17) is 11.6 Å². The van der Waals surface area contributed by atoms with Crippen LogP contribution in [-0.2, 0) is 4.79 Å². The fraction of sp³-hybridized carbons (Fsp3) is 0.556. The van der Waals surface area contributed by atoms with Crippen molar-refractivity contribution in [3.8, 4) is 0 Å². The first kappa shape index (κ1) is 17.8. The van der Waals surface area contributed by atoms with E-state index >= 15 is 0 Å². The highest BCUT2D eigenvalue weighted by Gasteiger charge is 2.19. The Kier molecular flexibility index (Phi) is 6.46. The summed E-state index contributed by atoms with van der Waals surface area (Å²) in [5.74, 6) is 0.378. The van der Waals surface area contributed by atoms with Crippen molar-refractivity contribution in [2.24, 2.45) is 11.0 Å². The third-order valence-electron chi connectivity index (χ3n) is 4.44. The standard InChI is InChI=1S/C18H26ClN3O/c1-4-15(20-16-10-9-14(19)11-13(16)3)18(23)22-21-17-8-6-5-7-12(17)2/h9-12,15,20H,4-8H2,1-3H3,(H,22,23)/b21-17-/t12-,15+/m0/s1. The SMILES string of the molecule is CC[C@@H](Nc1ccc(Cl)cc1C)C(=O)N/N=C1/CCCC[C@@H]1C. The van der Waals surface area contributed by atoms with Gasteiger partial charge in [0.15, 0.2) is 0 Å². The molecule has 2 atom stereocenters. The van der Waals surface area contributed by atoms with Crippen molar-refractivity contribution in [1.82, 2.24) is 5.43 Å². The molecule has 0 bridgehead atoms. The maximum absolute atomic E-state index is 12.4. The lowest BCUT2D eigenvalue weighted by molar-refractivity contribution is -0.121. The Morgan fingerprint density at radius 2 is 2.22 bits per heavy atom. The van der Waals surface area contributed by atoms with E-state index < -0.39 is 0 Å². The van der Waals surface area contributed by atoms with Gasteiger partial charge in [0.05, 0.1) is 0 Å². The highest BCUT2D eigenvalue weighted by Crippen LogP contribution is 2.22. The van der Waals surface area contributed by atoms with E-state index in [1.165, 1.54) is 12.8 Å². The average Bonchev–Trinajstić information content (AvgIpc) is 2.53. The first-order valence-corrected chi connectivity index (χ1v) is 8.78. The summed E-state index contributed by atoms with van der Waals surface area (Å²) in [7, 11) is 0. The molecule has 5 heteroatoms. The van der Waals surface area contributed by atoms with Gasteiger partial charge in [-0.3, -0.25) is 4.79 Å².